The zero-order chi connectivity index (χ0) is 27.3. The normalized spacial score (nSPS) is 21.2. The summed E-state index contributed by atoms with van der Waals surface area (Å²) in [5.41, 5.74) is 4.22. The van der Waals surface area contributed by atoms with Gasteiger partial charge in [0.1, 0.15) is 12.4 Å². The Balaban J connectivity index is 1.10. The van der Waals surface area contributed by atoms with Crippen LogP contribution < -0.4 is 14.5 Å². The van der Waals surface area contributed by atoms with Crippen LogP contribution in [0.4, 0.5) is 11.4 Å². The van der Waals surface area contributed by atoms with Crippen LogP contribution in [0.1, 0.15) is 11.7 Å². The molecule has 0 aliphatic carbocycles. The fourth-order valence-electron chi connectivity index (χ4n) is 5.78. The molecule has 0 radical (unpaired) electrons. The highest BCUT2D eigenvalue weighted by molar-refractivity contribution is 7.89. The quantitative estimate of drug-likeness (QED) is 0.551. The molecule has 2 aromatic rings. The number of rotatable bonds is 5. The highest BCUT2D eigenvalue weighted by atomic mass is 32.2. The van der Waals surface area contributed by atoms with Crippen LogP contribution in [0.25, 0.3) is 0 Å². The Morgan fingerprint density at radius 3 is 2.36 bits per heavy atom. The van der Waals surface area contributed by atoms with Gasteiger partial charge in [0.2, 0.25) is 10.0 Å². The number of aliphatic hydroxyl groups excluding tert-OH is 1. The van der Waals surface area contributed by atoms with Crippen molar-refractivity contribution >= 4 is 27.3 Å². The van der Waals surface area contributed by atoms with E-state index in [0.717, 1.165) is 48.7 Å². The number of nitrogens with zero attached hydrogens (tertiary/aromatic N) is 5. The fraction of sp³-hybridized carbons (Fsp3) is 0.464. The van der Waals surface area contributed by atoms with Crippen molar-refractivity contribution in [3.8, 4) is 5.75 Å². The summed E-state index contributed by atoms with van der Waals surface area (Å²) in [5.74, 6) is 0.332. The van der Waals surface area contributed by atoms with Crippen molar-refractivity contribution in [2.75, 3.05) is 89.4 Å². The number of carbonyl (C=O) groups excluding carboxylic acids is 1. The minimum Gasteiger partial charge on any atom is -0.490 e. The van der Waals surface area contributed by atoms with Crippen molar-refractivity contribution < 1.29 is 23.1 Å². The molecule has 1 saturated heterocycles. The number of likely N-dealkylation sites (N-methyl/N-ethyl adjacent to an activating group) is 2. The van der Waals surface area contributed by atoms with Crippen LogP contribution in [0.15, 0.2) is 58.5 Å². The van der Waals surface area contributed by atoms with Gasteiger partial charge >= 0.3 is 0 Å². The Labute approximate surface area is 229 Å². The number of benzene rings is 2. The maximum Gasteiger partial charge on any atom is 0.256 e. The molecule has 39 heavy (non-hydrogen) atoms. The van der Waals surface area contributed by atoms with Crippen LogP contribution >= 0.6 is 0 Å². The molecule has 1 amide bonds. The first-order chi connectivity index (χ1) is 18.7. The summed E-state index contributed by atoms with van der Waals surface area (Å²) in [4.78, 5) is 21.7. The van der Waals surface area contributed by atoms with E-state index < -0.39 is 16.1 Å². The highest BCUT2D eigenvalue weighted by Gasteiger charge is 2.39. The van der Waals surface area contributed by atoms with Gasteiger partial charge in [-0.15, -0.1) is 0 Å². The van der Waals surface area contributed by atoms with Gasteiger partial charge in [-0.1, -0.05) is 12.1 Å². The van der Waals surface area contributed by atoms with Crippen molar-refractivity contribution in [2.45, 2.75) is 11.0 Å². The molecule has 6 rings (SSSR count). The average molecular weight is 554 g/mol. The van der Waals surface area contributed by atoms with Crippen molar-refractivity contribution in [1.29, 1.82) is 0 Å². The van der Waals surface area contributed by atoms with Gasteiger partial charge in [-0.05, 0) is 54.1 Å². The van der Waals surface area contributed by atoms with E-state index in [-0.39, 0.29) is 23.9 Å². The summed E-state index contributed by atoms with van der Waals surface area (Å²) in [7, 11) is 0.324. The fourth-order valence-corrected chi connectivity index (χ4v) is 7.23. The number of hydrogen-bond acceptors (Lipinski definition) is 8. The van der Waals surface area contributed by atoms with Crippen molar-refractivity contribution in [1.82, 2.24) is 14.1 Å². The number of fused-ring (bicyclic) bond motifs is 1. The van der Waals surface area contributed by atoms with Gasteiger partial charge in [0, 0.05) is 65.1 Å². The van der Waals surface area contributed by atoms with Crippen LogP contribution in [-0.4, -0.2) is 113 Å². The zero-order valence-electron chi connectivity index (χ0n) is 22.4. The van der Waals surface area contributed by atoms with E-state index in [1.54, 1.807) is 29.2 Å². The number of hydrogen-bond donors (Lipinski definition) is 1. The summed E-state index contributed by atoms with van der Waals surface area (Å²) in [6.07, 6.45) is -1.26. The first-order valence-electron chi connectivity index (χ1n) is 13.4. The number of ether oxygens (including phenoxy) is 1. The van der Waals surface area contributed by atoms with E-state index in [0.29, 0.717) is 37.6 Å². The lowest BCUT2D eigenvalue weighted by atomic mass is 10.1. The van der Waals surface area contributed by atoms with E-state index in [4.69, 9.17) is 4.74 Å². The van der Waals surface area contributed by atoms with Crippen LogP contribution in [-0.2, 0) is 14.8 Å². The van der Waals surface area contributed by atoms with E-state index in [1.807, 2.05) is 30.1 Å². The van der Waals surface area contributed by atoms with Gasteiger partial charge in [-0.3, -0.25) is 4.79 Å². The minimum atomic E-state index is -3.70. The Morgan fingerprint density at radius 2 is 1.64 bits per heavy atom. The molecule has 2 aromatic carbocycles. The lowest BCUT2D eigenvalue weighted by Gasteiger charge is -2.34. The molecule has 11 heteroatoms. The minimum absolute atomic E-state index is 0.239. The van der Waals surface area contributed by atoms with E-state index >= 15 is 0 Å². The first-order valence-corrected chi connectivity index (χ1v) is 14.8. The maximum atomic E-state index is 13.5. The number of sulfonamides is 1. The Bertz CT molecular complexity index is 1400. The van der Waals surface area contributed by atoms with Gasteiger partial charge in [0.15, 0.2) is 6.10 Å². The summed E-state index contributed by atoms with van der Waals surface area (Å²) in [5, 5.41) is 11.0. The number of aliphatic hydroxyl groups is 1. The molecule has 1 N–H and O–H groups in total. The Morgan fingerprint density at radius 1 is 0.923 bits per heavy atom. The van der Waals surface area contributed by atoms with Crippen molar-refractivity contribution in [2.24, 2.45) is 0 Å². The van der Waals surface area contributed by atoms with Crippen molar-refractivity contribution in [3.05, 3.63) is 59.2 Å². The van der Waals surface area contributed by atoms with Gasteiger partial charge in [-0.25, -0.2) is 8.42 Å². The van der Waals surface area contributed by atoms with Crippen LogP contribution in [0.5, 0.6) is 5.75 Å². The molecule has 0 saturated carbocycles. The topological polar surface area (TPSA) is 96.9 Å². The largest absolute Gasteiger partial charge is 0.490 e. The number of amides is 1. The zero-order valence-corrected chi connectivity index (χ0v) is 23.2. The second-order valence-electron chi connectivity index (χ2n) is 10.9. The van der Waals surface area contributed by atoms with Crippen LogP contribution in [0, 0.1) is 0 Å². The second kappa shape index (κ2) is 10.1. The molecule has 0 spiro atoms. The van der Waals surface area contributed by atoms with Gasteiger partial charge in [0.25, 0.3) is 5.91 Å². The van der Waals surface area contributed by atoms with Gasteiger partial charge in [-0.2, -0.15) is 4.31 Å². The van der Waals surface area contributed by atoms with E-state index in [1.165, 1.54) is 4.31 Å². The molecular formula is C28H35N5O5S. The molecule has 0 aromatic heterocycles. The van der Waals surface area contributed by atoms with Crippen LogP contribution in [0.2, 0.25) is 0 Å². The molecule has 4 aliphatic heterocycles. The number of anilines is 2. The number of piperazine rings is 1. The molecule has 4 heterocycles. The van der Waals surface area contributed by atoms with Crippen LogP contribution in [0.3, 0.4) is 0 Å². The van der Waals surface area contributed by atoms with Gasteiger partial charge < -0.3 is 29.4 Å². The van der Waals surface area contributed by atoms with E-state index in [9.17, 15) is 18.3 Å². The summed E-state index contributed by atoms with van der Waals surface area (Å²) >= 11 is 0. The average Bonchev–Trinajstić information content (AvgIpc) is 3.53. The molecule has 10 nitrogen and oxygen atoms in total. The Hall–Kier alpha value is -3.12. The molecule has 4 aliphatic rings. The van der Waals surface area contributed by atoms with E-state index in [2.05, 4.69) is 16.8 Å². The molecule has 208 valence electrons. The lowest BCUT2D eigenvalue weighted by Crippen LogP contribution is -2.44. The van der Waals surface area contributed by atoms with Gasteiger partial charge in [0.05, 0.1) is 17.1 Å². The summed E-state index contributed by atoms with van der Waals surface area (Å²) < 4.78 is 34.0. The Kier molecular flexibility index (Phi) is 6.78. The highest BCUT2D eigenvalue weighted by Crippen LogP contribution is 2.36. The molecule has 1 fully saturated rings. The second-order valence-corrected chi connectivity index (χ2v) is 12.8. The third kappa shape index (κ3) is 4.88. The predicted octanol–water partition coefficient (Wildman–Crippen LogP) is 1.14. The summed E-state index contributed by atoms with van der Waals surface area (Å²) in [6.45, 7) is 6.19. The SMILES string of the molecule is CN1CCN(c2cccc([C@H](O)C(=O)N3CC4=C(C3)CN(S(=O)(=O)c3ccc5c(c3)N(C)CCO5)C4)c2)CC1. The molecular weight excluding hydrogens is 518 g/mol. The molecule has 0 bridgehead atoms. The third-order valence-corrected chi connectivity index (χ3v) is 10.0. The number of carbonyl (C=O) groups is 1. The monoisotopic (exact) mass is 553 g/mol. The third-order valence-electron chi connectivity index (χ3n) is 8.26. The molecule has 0 unspecified atom stereocenters. The first kappa shape index (κ1) is 26.1. The smallest absolute Gasteiger partial charge is 0.256 e. The standard InChI is InChI=1S/C28H35N5O5S/c1-29-8-10-31(11-9-29)23-5-3-4-20(14-23)27(34)28(35)32-16-21-18-33(19-22(21)17-32)39(36,37)24-6-7-26-25(15-24)30(2)12-13-38-26/h3-7,14-15,27,34H,8-13,16-19H2,1-2H3/t27-/m0/s1. The van der Waals surface area contributed by atoms with Crippen molar-refractivity contribution in [3.63, 3.8) is 0 Å². The lowest BCUT2D eigenvalue weighted by molar-refractivity contribution is -0.139. The predicted molar refractivity (Wildman–Crippen MR) is 149 cm³/mol. The maximum absolute atomic E-state index is 13.5. The summed E-state index contributed by atoms with van der Waals surface area (Å²) in [6, 6.07) is 12.6. The molecule has 1 atom stereocenters.